The molecule has 0 radical (unpaired) electrons. The Balaban J connectivity index is 1.25. The number of rotatable bonds is 6. The van der Waals surface area contributed by atoms with Crippen LogP contribution in [-0.2, 0) is 11.8 Å². The maximum absolute atomic E-state index is 12.9. The zero-order chi connectivity index (χ0) is 23.9. The van der Waals surface area contributed by atoms with Crippen molar-refractivity contribution in [2.45, 2.75) is 70.9 Å². The van der Waals surface area contributed by atoms with Crippen molar-refractivity contribution in [1.29, 1.82) is 0 Å². The third kappa shape index (κ3) is 4.57. The predicted octanol–water partition coefficient (Wildman–Crippen LogP) is 4.78. The molecular weight excluding hydrogens is 446 g/mol. The van der Waals surface area contributed by atoms with Crippen LogP contribution in [0.15, 0.2) is 37.2 Å². The highest BCUT2D eigenvalue weighted by Gasteiger charge is 2.22. The van der Waals surface area contributed by atoms with Crippen LogP contribution in [0.3, 0.4) is 0 Å². The van der Waals surface area contributed by atoms with E-state index in [0.29, 0.717) is 18.2 Å². The summed E-state index contributed by atoms with van der Waals surface area (Å²) in [6.45, 7) is 8.26. The molecule has 4 aromatic heterocycles. The number of thiazole rings is 1. The van der Waals surface area contributed by atoms with Crippen LogP contribution < -0.4 is 5.32 Å². The number of aromatic nitrogens is 6. The molecule has 1 amide bonds. The predicted molar refractivity (Wildman–Crippen MR) is 132 cm³/mol. The highest BCUT2D eigenvalue weighted by atomic mass is 32.1. The van der Waals surface area contributed by atoms with E-state index in [4.69, 9.17) is 0 Å². The van der Waals surface area contributed by atoms with Crippen molar-refractivity contribution in [1.82, 2.24) is 34.8 Å². The molecular formula is C25H29N7OS. The van der Waals surface area contributed by atoms with Crippen molar-refractivity contribution in [3.63, 3.8) is 0 Å². The van der Waals surface area contributed by atoms with Crippen LogP contribution in [-0.4, -0.2) is 35.4 Å². The van der Waals surface area contributed by atoms with Gasteiger partial charge >= 0.3 is 0 Å². The van der Waals surface area contributed by atoms with Crippen LogP contribution in [0.5, 0.6) is 0 Å². The van der Waals surface area contributed by atoms with E-state index in [2.05, 4.69) is 55.6 Å². The first-order chi connectivity index (χ1) is 16.3. The van der Waals surface area contributed by atoms with Gasteiger partial charge in [-0.1, -0.05) is 20.8 Å². The summed E-state index contributed by atoms with van der Waals surface area (Å²) < 4.78 is 2.17. The number of fused-ring (bicyclic) bond motifs is 1. The number of amides is 1. The fraction of sp³-hybridized carbons (Fsp3) is 0.440. The summed E-state index contributed by atoms with van der Waals surface area (Å²) in [5.74, 6) is 0.631. The smallest absolute Gasteiger partial charge is 0.270 e. The number of nitrogens with zero attached hydrogens (tertiary/aromatic N) is 6. The molecule has 1 atom stereocenters. The number of nitrogens with one attached hydrogen (secondary N) is 1. The topological polar surface area (TPSA) is 98.5 Å². The minimum absolute atomic E-state index is 0.0727. The molecule has 1 fully saturated rings. The quantitative estimate of drug-likeness (QED) is 0.431. The number of pyridine rings is 1. The van der Waals surface area contributed by atoms with Gasteiger partial charge in [0.15, 0.2) is 0 Å². The SMILES string of the molecule is CC(NC(=O)c1cc2c(cn1)ncn2C1CCC1)c1cnc(Cc2cnc(C(C)(C)C)nc2)s1. The number of carbonyl (C=O) groups is 1. The molecule has 1 saturated carbocycles. The Labute approximate surface area is 202 Å². The standard InChI is InChI=1S/C25H29N7OS/c1-15(21-13-27-22(34-21)8-16-10-28-24(29-11-16)25(2,3)4)31-23(33)18-9-20-19(12-26-18)30-14-32(20)17-6-5-7-17/h9-15,17H,5-8H2,1-4H3,(H,31,33). The molecule has 9 heteroatoms. The van der Waals surface area contributed by atoms with Gasteiger partial charge in [0.25, 0.3) is 5.91 Å². The average Bonchev–Trinajstić information content (AvgIpc) is 3.39. The lowest BCUT2D eigenvalue weighted by atomic mass is 9.93. The van der Waals surface area contributed by atoms with Crippen LogP contribution in [0.4, 0.5) is 0 Å². The van der Waals surface area contributed by atoms with Crippen molar-refractivity contribution in [3.8, 4) is 0 Å². The lowest BCUT2D eigenvalue weighted by molar-refractivity contribution is 0.0935. The summed E-state index contributed by atoms with van der Waals surface area (Å²) in [5.41, 5.74) is 3.14. The third-order valence-corrected chi connectivity index (χ3v) is 7.42. The molecule has 0 spiro atoms. The van der Waals surface area contributed by atoms with E-state index >= 15 is 0 Å². The van der Waals surface area contributed by atoms with Crippen molar-refractivity contribution in [2.24, 2.45) is 0 Å². The largest absolute Gasteiger partial charge is 0.343 e. The minimum atomic E-state index is -0.197. The lowest BCUT2D eigenvalue weighted by Gasteiger charge is -2.27. The van der Waals surface area contributed by atoms with Crippen LogP contribution in [0.2, 0.25) is 0 Å². The molecule has 1 N–H and O–H groups in total. The Hall–Kier alpha value is -3.20. The maximum atomic E-state index is 12.9. The second-order valence-corrected chi connectivity index (χ2v) is 11.1. The van der Waals surface area contributed by atoms with Gasteiger partial charge in [0, 0.05) is 41.3 Å². The van der Waals surface area contributed by atoms with Gasteiger partial charge in [0.2, 0.25) is 0 Å². The fourth-order valence-electron chi connectivity index (χ4n) is 3.97. The van der Waals surface area contributed by atoms with Crippen molar-refractivity contribution >= 4 is 28.3 Å². The first kappa shape index (κ1) is 22.6. The molecule has 1 aliphatic rings. The van der Waals surface area contributed by atoms with Gasteiger partial charge in [-0.05, 0) is 37.8 Å². The summed E-state index contributed by atoms with van der Waals surface area (Å²) in [6, 6.07) is 2.16. The van der Waals surface area contributed by atoms with Gasteiger partial charge in [-0.25, -0.2) is 24.9 Å². The van der Waals surface area contributed by atoms with E-state index < -0.39 is 0 Å². The third-order valence-electron chi connectivity index (χ3n) is 6.24. The molecule has 0 saturated heterocycles. The Bertz CT molecular complexity index is 1320. The van der Waals surface area contributed by atoms with Crippen LogP contribution in [0, 0.1) is 0 Å². The molecule has 0 aliphatic heterocycles. The first-order valence-electron chi connectivity index (χ1n) is 11.7. The van der Waals surface area contributed by atoms with E-state index in [0.717, 1.165) is 45.1 Å². The average molecular weight is 476 g/mol. The summed E-state index contributed by atoms with van der Waals surface area (Å²) in [4.78, 5) is 36.3. The Kier molecular flexibility index (Phi) is 5.89. The van der Waals surface area contributed by atoms with E-state index in [1.807, 2.05) is 37.9 Å². The lowest BCUT2D eigenvalue weighted by Crippen LogP contribution is -2.27. The molecule has 4 heterocycles. The van der Waals surface area contributed by atoms with Gasteiger partial charge in [-0.15, -0.1) is 11.3 Å². The second-order valence-electron chi connectivity index (χ2n) is 9.99. The number of carbonyl (C=O) groups excluding carboxylic acids is 1. The molecule has 8 nitrogen and oxygen atoms in total. The molecule has 4 aromatic rings. The minimum Gasteiger partial charge on any atom is -0.343 e. The van der Waals surface area contributed by atoms with E-state index in [1.165, 1.54) is 6.42 Å². The molecule has 34 heavy (non-hydrogen) atoms. The van der Waals surface area contributed by atoms with Gasteiger partial charge in [-0.3, -0.25) is 4.79 Å². The number of imidazole rings is 1. The summed E-state index contributed by atoms with van der Waals surface area (Å²) in [6.07, 6.45) is 13.3. The van der Waals surface area contributed by atoms with Crippen LogP contribution in [0.25, 0.3) is 11.0 Å². The Morgan fingerprint density at radius 1 is 1.12 bits per heavy atom. The fourth-order valence-corrected chi connectivity index (χ4v) is 4.92. The zero-order valence-electron chi connectivity index (χ0n) is 19.9. The molecule has 0 bridgehead atoms. The first-order valence-corrected chi connectivity index (χ1v) is 12.5. The molecule has 1 unspecified atom stereocenters. The number of hydrogen-bond donors (Lipinski definition) is 1. The summed E-state index contributed by atoms with van der Waals surface area (Å²) in [7, 11) is 0. The van der Waals surface area contributed by atoms with Gasteiger partial charge < -0.3 is 9.88 Å². The highest BCUT2D eigenvalue weighted by molar-refractivity contribution is 7.11. The monoisotopic (exact) mass is 475 g/mol. The Morgan fingerprint density at radius 2 is 1.88 bits per heavy atom. The van der Waals surface area contributed by atoms with Crippen LogP contribution in [0.1, 0.15) is 90.8 Å². The summed E-state index contributed by atoms with van der Waals surface area (Å²) in [5, 5.41) is 4.03. The summed E-state index contributed by atoms with van der Waals surface area (Å²) >= 11 is 1.59. The van der Waals surface area contributed by atoms with Crippen molar-refractivity contribution < 1.29 is 4.79 Å². The molecule has 0 aromatic carbocycles. The van der Waals surface area contributed by atoms with Crippen molar-refractivity contribution in [3.05, 3.63) is 64.1 Å². The maximum Gasteiger partial charge on any atom is 0.270 e. The normalized spacial score (nSPS) is 15.3. The van der Waals surface area contributed by atoms with Gasteiger partial charge in [0.1, 0.15) is 17.0 Å². The highest BCUT2D eigenvalue weighted by Crippen LogP contribution is 2.34. The molecule has 176 valence electrons. The number of hydrogen-bond acceptors (Lipinski definition) is 7. The molecule has 1 aliphatic carbocycles. The zero-order valence-corrected chi connectivity index (χ0v) is 20.8. The van der Waals surface area contributed by atoms with E-state index in [1.54, 1.807) is 17.5 Å². The van der Waals surface area contributed by atoms with Crippen LogP contribution >= 0.6 is 11.3 Å². The Morgan fingerprint density at radius 3 is 2.56 bits per heavy atom. The van der Waals surface area contributed by atoms with Gasteiger partial charge in [0.05, 0.1) is 29.1 Å². The van der Waals surface area contributed by atoms with Crippen molar-refractivity contribution in [2.75, 3.05) is 0 Å². The van der Waals surface area contributed by atoms with E-state index in [-0.39, 0.29) is 17.4 Å². The van der Waals surface area contributed by atoms with Gasteiger partial charge in [-0.2, -0.15) is 0 Å². The van der Waals surface area contributed by atoms with E-state index in [9.17, 15) is 4.79 Å². The second kappa shape index (κ2) is 8.87. The molecule has 5 rings (SSSR count).